The molecule has 2 N–H and O–H groups in total. The quantitative estimate of drug-likeness (QED) is 0.931. The first-order valence-corrected chi connectivity index (χ1v) is 8.62. The molecule has 2 atom stereocenters. The van der Waals surface area contributed by atoms with E-state index in [0.717, 1.165) is 26.1 Å². The van der Waals surface area contributed by atoms with E-state index in [1.165, 1.54) is 27.8 Å². The van der Waals surface area contributed by atoms with E-state index in [9.17, 15) is 0 Å². The van der Waals surface area contributed by atoms with Crippen LogP contribution >= 0.6 is 0 Å². The van der Waals surface area contributed by atoms with Gasteiger partial charge < -0.3 is 5.73 Å². The molecule has 0 aliphatic carbocycles. The lowest BCUT2D eigenvalue weighted by atomic mass is 9.87. The summed E-state index contributed by atoms with van der Waals surface area (Å²) >= 11 is 0. The van der Waals surface area contributed by atoms with Gasteiger partial charge in [0, 0.05) is 25.7 Å². The third kappa shape index (κ3) is 4.01. The minimum Gasteiger partial charge on any atom is -0.327 e. The molecule has 1 aliphatic rings. The molecular weight excluding hydrogens is 280 g/mol. The normalized spacial score (nSPS) is 22.3. The van der Waals surface area contributed by atoms with Gasteiger partial charge in [-0.3, -0.25) is 4.90 Å². The van der Waals surface area contributed by atoms with Gasteiger partial charge in [0.1, 0.15) is 0 Å². The van der Waals surface area contributed by atoms with E-state index in [2.05, 4.69) is 68.1 Å². The maximum Gasteiger partial charge on any atom is 0.0234 e. The molecule has 122 valence electrons. The van der Waals surface area contributed by atoms with E-state index in [1.54, 1.807) is 0 Å². The highest BCUT2D eigenvalue weighted by Gasteiger charge is 2.26. The molecular formula is C21H28N2. The van der Waals surface area contributed by atoms with Crippen molar-refractivity contribution in [1.29, 1.82) is 0 Å². The number of nitrogens with two attached hydrogens (primary N) is 1. The van der Waals surface area contributed by atoms with Crippen molar-refractivity contribution in [3.05, 3.63) is 70.3 Å². The summed E-state index contributed by atoms with van der Waals surface area (Å²) in [5.41, 5.74) is 13.3. The number of hydrogen-bond acceptors (Lipinski definition) is 2. The molecule has 0 bridgehead atoms. The zero-order chi connectivity index (χ0) is 16.4. The third-order valence-corrected chi connectivity index (χ3v) is 5.05. The van der Waals surface area contributed by atoms with Gasteiger partial charge in [-0.2, -0.15) is 0 Å². The maximum atomic E-state index is 6.36. The summed E-state index contributed by atoms with van der Waals surface area (Å²) in [7, 11) is 0. The predicted molar refractivity (Wildman–Crippen MR) is 97.7 cm³/mol. The minimum absolute atomic E-state index is 0.264. The fourth-order valence-electron chi connectivity index (χ4n) is 3.69. The van der Waals surface area contributed by atoms with Gasteiger partial charge >= 0.3 is 0 Å². The Morgan fingerprint density at radius 3 is 2.57 bits per heavy atom. The van der Waals surface area contributed by atoms with Crippen molar-refractivity contribution >= 4 is 0 Å². The van der Waals surface area contributed by atoms with Crippen molar-refractivity contribution in [3.63, 3.8) is 0 Å². The van der Waals surface area contributed by atoms with Crippen molar-refractivity contribution in [2.45, 2.75) is 45.7 Å². The number of piperidine rings is 1. The molecule has 0 aromatic heterocycles. The molecule has 1 fully saturated rings. The molecule has 1 heterocycles. The van der Waals surface area contributed by atoms with Crippen molar-refractivity contribution in [2.24, 2.45) is 5.73 Å². The van der Waals surface area contributed by atoms with Crippen LogP contribution in [0.1, 0.15) is 40.2 Å². The molecule has 1 aliphatic heterocycles. The topological polar surface area (TPSA) is 29.3 Å². The Morgan fingerprint density at radius 2 is 1.83 bits per heavy atom. The summed E-state index contributed by atoms with van der Waals surface area (Å²) in [6.07, 6.45) is 1.09. The summed E-state index contributed by atoms with van der Waals surface area (Å²) in [6.45, 7) is 9.63. The van der Waals surface area contributed by atoms with Crippen molar-refractivity contribution in [2.75, 3.05) is 13.1 Å². The monoisotopic (exact) mass is 308 g/mol. The SMILES string of the molecule is Cc1cccc(CN2CC(N)CC(c3ccc(C)c(C)c3)C2)c1. The van der Waals surface area contributed by atoms with Crippen molar-refractivity contribution in [1.82, 2.24) is 4.90 Å². The molecule has 0 spiro atoms. The number of hydrogen-bond donors (Lipinski definition) is 1. The smallest absolute Gasteiger partial charge is 0.0234 e. The van der Waals surface area contributed by atoms with Gasteiger partial charge in [0.25, 0.3) is 0 Å². The number of benzene rings is 2. The van der Waals surface area contributed by atoms with Gasteiger partial charge in [-0.1, -0.05) is 48.0 Å². The third-order valence-electron chi connectivity index (χ3n) is 5.05. The van der Waals surface area contributed by atoms with Gasteiger partial charge in [-0.05, 0) is 55.4 Å². The van der Waals surface area contributed by atoms with Crippen LogP contribution in [0.2, 0.25) is 0 Å². The van der Waals surface area contributed by atoms with Crippen LogP contribution in [0.4, 0.5) is 0 Å². The highest BCUT2D eigenvalue weighted by atomic mass is 15.1. The summed E-state index contributed by atoms with van der Waals surface area (Å²) in [5.74, 6) is 0.544. The summed E-state index contributed by atoms with van der Waals surface area (Å²) in [4.78, 5) is 2.52. The Hall–Kier alpha value is -1.64. The average Bonchev–Trinajstić information content (AvgIpc) is 2.49. The molecule has 1 saturated heterocycles. The Bertz CT molecular complexity index is 677. The number of aryl methyl sites for hydroxylation is 3. The zero-order valence-corrected chi connectivity index (χ0v) is 14.5. The Balaban J connectivity index is 1.74. The van der Waals surface area contributed by atoms with Crippen LogP contribution in [-0.2, 0) is 6.54 Å². The van der Waals surface area contributed by atoms with E-state index < -0.39 is 0 Å². The highest BCUT2D eigenvalue weighted by molar-refractivity contribution is 5.32. The second-order valence-corrected chi connectivity index (χ2v) is 7.22. The number of likely N-dealkylation sites (tertiary alicyclic amines) is 1. The fourth-order valence-corrected chi connectivity index (χ4v) is 3.69. The largest absolute Gasteiger partial charge is 0.327 e. The van der Waals surface area contributed by atoms with Gasteiger partial charge in [-0.15, -0.1) is 0 Å². The second-order valence-electron chi connectivity index (χ2n) is 7.22. The number of nitrogens with zero attached hydrogens (tertiary/aromatic N) is 1. The predicted octanol–water partition coefficient (Wildman–Crippen LogP) is 3.93. The summed E-state index contributed by atoms with van der Waals surface area (Å²) in [5, 5.41) is 0. The van der Waals surface area contributed by atoms with E-state index in [-0.39, 0.29) is 6.04 Å². The molecule has 2 aromatic carbocycles. The van der Waals surface area contributed by atoms with Crippen LogP contribution < -0.4 is 5.73 Å². The van der Waals surface area contributed by atoms with Crippen LogP contribution in [0.15, 0.2) is 42.5 Å². The van der Waals surface area contributed by atoms with Crippen LogP contribution in [0, 0.1) is 20.8 Å². The molecule has 0 saturated carbocycles. The van der Waals surface area contributed by atoms with Gasteiger partial charge in [0.15, 0.2) is 0 Å². The molecule has 2 aromatic rings. The van der Waals surface area contributed by atoms with Crippen LogP contribution in [0.5, 0.6) is 0 Å². The maximum absolute atomic E-state index is 6.36. The first-order valence-electron chi connectivity index (χ1n) is 8.62. The molecule has 2 heteroatoms. The Labute approximate surface area is 140 Å². The standard InChI is InChI=1S/C21H28N2/c1-15-5-4-6-18(9-15)12-23-13-20(11-21(22)14-23)19-8-7-16(2)17(3)10-19/h4-10,20-21H,11-14,22H2,1-3H3. The van der Waals surface area contributed by atoms with E-state index in [0.29, 0.717) is 5.92 Å². The zero-order valence-electron chi connectivity index (χ0n) is 14.5. The van der Waals surface area contributed by atoms with Gasteiger partial charge in [-0.25, -0.2) is 0 Å². The lowest BCUT2D eigenvalue weighted by Crippen LogP contribution is -2.45. The van der Waals surface area contributed by atoms with Crippen LogP contribution in [0.3, 0.4) is 0 Å². The molecule has 0 radical (unpaired) electrons. The number of rotatable bonds is 3. The molecule has 2 unspecified atom stereocenters. The average molecular weight is 308 g/mol. The first kappa shape index (κ1) is 16.2. The highest BCUT2D eigenvalue weighted by Crippen LogP contribution is 2.28. The molecule has 0 amide bonds. The van der Waals surface area contributed by atoms with E-state index >= 15 is 0 Å². The summed E-state index contributed by atoms with van der Waals surface area (Å²) < 4.78 is 0. The summed E-state index contributed by atoms with van der Waals surface area (Å²) in [6, 6.07) is 16.0. The molecule has 3 rings (SSSR count). The van der Waals surface area contributed by atoms with Crippen molar-refractivity contribution < 1.29 is 0 Å². The van der Waals surface area contributed by atoms with Gasteiger partial charge in [0.05, 0.1) is 0 Å². The molecule has 2 nitrogen and oxygen atoms in total. The Kier molecular flexibility index (Phi) is 4.84. The minimum atomic E-state index is 0.264. The first-order chi connectivity index (χ1) is 11.0. The van der Waals surface area contributed by atoms with Crippen LogP contribution in [-0.4, -0.2) is 24.0 Å². The lowest BCUT2D eigenvalue weighted by Gasteiger charge is -2.37. The second kappa shape index (κ2) is 6.86. The van der Waals surface area contributed by atoms with Gasteiger partial charge in [0.2, 0.25) is 0 Å². The van der Waals surface area contributed by atoms with E-state index in [4.69, 9.17) is 5.73 Å². The Morgan fingerprint density at radius 1 is 1.00 bits per heavy atom. The van der Waals surface area contributed by atoms with Crippen LogP contribution in [0.25, 0.3) is 0 Å². The molecule has 23 heavy (non-hydrogen) atoms. The fraction of sp³-hybridized carbons (Fsp3) is 0.429. The van der Waals surface area contributed by atoms with Crippen molar-refractivity contribution in [3.8, 4) is 0 Å². The van der Waals surface area contributed by atoms with E-state index in [1.807, 2.05) is 0 Å². The lowest BCUT2D eigenvalue weighted by molar-refractivity contribution is 0.181.